The van der Waals surface area contributed by atoms with Crippen LogP contribution in [-0.4, -0.2) is 16.0 Å². The van der Waals surface area contributed by atoms with Gasteiger partial charge in [0.25, 0.3) is 0 Å². The fourth-order valence-electron chi connectivity index (χ4n) is 2.24. The van der Waals surface area contributed by atoms with Gasteiger partial charge in [-0.3, -0.25) is 5.43 Å². The fourth-order valence-corrected chi connectivity index (χ4v) is 2.55. The van der Waals surface area contributed by atoms with Gasteiger partial charge in [-0.1, -0.05) is 19.8 Å². The molecule has 4 N–H and O–H groups in total. The molecule has 0 aromatic carbocycles. The molecule has 1 heterocycles. The van der Waals surface area contributed by atoms with Crippen LogP contribution in [0.5, 0.6) is 0 Å². The molecule has 6 heteroatoms. The van der Waals surface area contributed by atoms with Crippen LogP contribution in [0.2, 0.25) is 0 Å². The lowest BCUT2D eigenvalue weighted by Gasteiger charge is -2.30. The monoisotopic (exact) mass is 299 g/mol. The van der Waals surface area contributed by atoms with Crippen molar-refractivity contribution in [2.24, 2.45) is 11.8 Å². The SMILES string of the molecule is CC1CCCCC1Nc1nc(NN)ncc1Br. The molecule has 1 aromatic heterocycles. The van der Waals surface area contributed by atoms with Crippen LogP contribution in [0.15, 0.2) is 10.7 Å². The van der Waals surface area contributed by atoms with Crippen molar-refractivity contribution in [3.63, 3.8) is 0 Å². The highest BCUT2D eigenvalue weighted by atomic mass is 79.9. The Bertz CT molecular complexity index is 384. The molecule has 1 aliphatic carbocycles. The third-order valence-electron chi connectivity index (χ3n) is 3.31. The molecule has 0 amide bonds. The largest absolute Gasteiger partial charge is 0.366 e. The second-order valence-corrected chi connectivity index (χ2v) is 5.40. The Morgan fingerprint density at radius 1 is 1.41 bits per heavy atom. The molecule has 2 rings (SSSR count). The second kappa shape index (κ2) is 5.64. The van der Waals surface area contributed by atoms with Crippen LogP contribution in [-0.2, 0) is 0 Å². The van der Waals surface area contributed by atoms with Gasteiger partial charge in [0.05, 0.1) is 4.47 Å². The van der Waals surface area contributed by atoms with E-state index in [0.717, 1.165) is 10.3 Å². The van der Waals surface area contributed by atoms with Crippen LogP contribution < -0.4 is 16.6 Å². The Kier molecular flexibility index (Phi) is 4.17. The molecule has 94 valence electrons. The first-order valence-corrected chi connectivity index (χ1v) is 6.75. The number of halogens is 1. The highest BCUT2D eigenvalue weighted by molar-refractivity contribution is 9.10. The molecule has 0 spiro atoms. The summed E-state index contributed by atoms with van der Waals surface area (Å²) >= 11 is 3.45. The van der Waals surface area contributed by atoms with Crippen LogP contribution in [0.1, 0.15) is 32.6 Å². The van der Waals surface area contributed by atoms with Crippen LogP contribution in [0, 0.1) is 5.92 Å². The fraction of sp³-hybridized carbons (Fsp3) is 0.636. The summed E-state index contributed by atoms with van der Waals surface area (Å²) in [6.45, 7) is 2.29. The van der Waals surface area contributed by atoms with Gasteiger partial charge in [0, 0.05) is 12.2 Å². The molecule has 2 atom stereocenters. The van der Waals surface area contributed by atoms with Crippen molar-refractivity contribution < 1.29 is 0 Å². The number of rotatable bonds is 3. The quantitative estimate of drug-likeness (QED) is 0.591. The number of nitrogens with two attached hydrogens (primary N) is 1. The van der Waals surface area contributed by atoms with E-state index >= 15 is 0 Å². The Balaban J connectivity index is 2.11. The minimum atomic E-state index is 0.430. The van der Waals surface area contributed by atoms with Gasteiger partial charge in [-0.2, -0.15) is 4.98 Å². The summed E-state index contributed by atoms with van der Waals surface area (Å²) in [7, 11) is 0. The molecule has 1 aliphatic rings. The van der Waals surface area contributed by atoms with Crippen LogP contribution >= 0.6 is 15.9 Å². The molecule has 0 radical (unpaired) electrons. The number of hydrazine groups is 1. The van der Waals surface area contributed by atoms with Crippen molar-refractivity contribution in [3.8, 4) is 0 Å². The lowest BCUT2D eigenvalue weighted by molar-refractivity contribution is 0.349. The van der Waals surface area contributed by atoms with Gasteiger partial charge >= 0.3 is 0 Å². The van der Waals surface area contributed by atoms with E-state index in [4.69, 9.17) is 5.84 Å². The average molecular weight is 300 g/mol. The molecule has 1 saturated carbocycles. The third-order valence-corrected chi connectivity index (χ3v) is 3.89. The van der Waals surface area contributed by atoms with E-state index in [1.165, 1.54) is 25.7 Å². The molecule has 0 bridgehead atoms. The minimum Gasteiger partial charge on any atom is -0.366 e. The van der Waals surface area contributed by atoms with Crippen molar-refractivity contribution in [2.75, 3.05) is 10.7 Å². The zero-order valence-corrected chi connectivity index (χ0v) is 11.5. The van der Waals surface area contributed by atoms with Gasteiger partial charge < -0.3 is 5.32 Å². The molecule has 17 heavy (non-hydrogen) atoms. The average Bonchev–Trinajstić information content (AvgIpc) is 2.35. The number of nitrogens with zero attached hydrogens (tertiary/aromatic N) is 2. The predicted molar refractivity (Wildman–Crippen MR) is 72.6 cm³/mol. The van der Waals surface area contributed by atoms with E-state index in [0.29, 0.717) is 17.9 Å². The number of nitrogen functional groups attached to an aromatic ring is 1. The maximum atomic E-state index is 5.31. The van der Waals surface area contributed by atoms with E-state index in [1.54, 1.807) is 6.20 Å². The second-order valence-electron chi connectivity index (χ2n) is 4.55. The van der Waals surface area contributed by atoms with Crippen molar-refractivity contribution in [2.45, 2.75) is 38.6 Å². The number of hydrogen-bond acceptors (Lipinski definition) is 5. The third kappa shape index (κ3) is 3.07. The Morgan fingerprint density at radius 3 is 2.88 bits per heavy atom. The molecule has 1 aromatic rings. The maximum Gasteiger partial charge on any atom is 0.239 e. The van der Waals surface area contributed by atoms with Gasteiger partial charge in [0.2, 0.25) is 5.95 Å². The minimum absolute atomic E-state index is 0.430. The van der Waals surface area contributed by atoms with Crippen molar-refractivity contribution in [1.82, 2.24) is 9.97 Å². The van der Waals surface area contributed by atoms with E-state index in [1.807, 2.05) is 0 Å². The molecule has 5 nitrogen and oxygen atoms in total. The first-order valence-electron chi connectivity index (χ1n) is 5.96. The lowest BCUT2D eigenvalue weighted by Crippen LogP contribution is -2.31. The smallest absolute Gasteiger partial charge is 0.239 e. The van der Waals surface area contributed by atoms with Crippen molar-refractivity contribution in [1.29, 1.82) is 0 Å². The standard InChI is InChI=1S/C11H18BrN5/c1-7-4-2-3-5-9(7)15-10-8(12)6-14-11(16-10)17-13/h6-7,9H,2-5,13H2,1H3,(H2,14,15,16,17). The van der Waals surface area contributed by atoms with Gasteiger partial charge in [-0.15, -0.1) is 0 Å². The molecule has 0 saturated heterocycles. The number of aromatic nitrogens is 2. The zero-order valence-electron chi connectivity index (χ0n) is 9.91. The first-order chi connectivity index (χ1) is 8.20. The van der Waals surface area contributed by atoms with Crippen LogP contribution in [0.4, 0.5) is 11.8 Å². The highest BCUT2D eigenvalue weighted by Gasteiger charge is 2.22. The summed E-state index contributed by atoms with van der Waals surface area (Å²) in [6, 6.07) is 0.487. The zero-order chi connectivity index (χ0) is 12.3. The van der Waals surface area contributed by atoms with Gasteiger partial charge in [-0.25, -0.2) is 10.8 Å². The predicted octanol–water partition coefficient (Wildman–Crippen LogP) is 2.52. The summed E-state index contributed by atoms with van der Waals surface area (Å²) in [5, 5.41) is 3.48. The number of hydrogen-bond donors (Lipinski definition) is 3. The molecular formula is C11H18BrN5. The van der Waals surface area contributed by atoms with Crippen LogP contribution in [0.25, 0.3) is 0 Å². The maximum absolute atomic E-state index is 5.31. The summed E-state index contributed by atoms with van der Waals surface area (Å²) in [5.74, 6) is 7.23. The Morgan fingerprint density at radius 2 is 2.18 bits per heavy atom. The molecule has 2 unspecified atom stereocenters. The number of anilines is 2. The van der Waals surface area contributed by atoms with Gasteiger partial charge in [0.1, 0.15) is 5.82 Å². The Hall–Kier alpha value is -0.880. The summed E-state index contributed by atoms with van der Waals surface area (Å²) < 4.78 is 0.870. The normalized spacial score (nSPS) is 24.4. The molecule has 1 fully saturated rings. The summed E-state index contributed by atoms with van der Waals surface area (Å²) in [5.41, 5.74) is 2.46. The topological polar surface area (TPSA) is 75.9 Å². The van der Waals surface area contributed by atoms with E-state index < -0.39 is 0 Å². The summed E-state index contributed by atoms with van der Waals surface area (Å²) in [4.78, 5) is 8.35. The van der Waals surface area contributed by atoms with Gasteiger partial charge in [-0.05, 0) is 34.7 Å². The molecule has 0 aliphatic heterocycles. The van der Waals surface area contributed by atoms with E-state index in [2.05, 4.69) is 43.6 Å². The van der Waals surface area contributed by atoms with Crippen molar-refractivity contribution >= 4 is 27.7 Å². The number of nitrogens with one attached hydrogen (secondary N) is 2. The van der Waals surface area contributed by atoms with Crippen molar-refractivity contribution in [3.05, 3.63) is 10.7 Å². The van der Waals surface area contributed by atoms with Crippen LogP contribution in [0.3, 0.4) is 0 Å². The Labute approximate surface area is 110 Å². The first kappa shape index (κ1) is 12.6. The lowest BCUT2D eigenvalue weighted by atomic mass is 9.86. The van der Waals surface area contributed by atoms with E-state index in [9.17, 15) is 0 Å². The van der Waals surface area contributed by atoms with Gasteiger partial charge in [0.15, 0.2) is 0 Å². The van der Waals surface area contributed by atoms with E-state index in [-0.39, 0.29) is 0 Å². The highest BCUT2D eigenvalue weighted by Crippen LogP contribution is 2.28. The summed E-state index contributed by atoms with van der Waals surface area (Å²) in [6.07, 6.45) is 6.80. The molecular weight excluding hydrogens is 282 g/mol.